The minimum atomic E-state index is -0.662. The van der Waals surface area contributed by atoms with E-state index in [0.29, 0.717) is 10.0 Å². The van der Waals surface area contributed by atoms with E-state index in [1.807, 2.05) is 0 Å². The van der Waals surface area contributed by atoms with Crippen molar-refractivity contribution in [3.63, 3.8) is 0 Å². The minimum absolute atomic E-state index is 0.191. The second-order valence-electron chi connectivity index (χ2n) is 10.6. The van der Waals surface area contributed by atoms with E-state index >= 15 is 8.78 Å². The fraction of sp³-hybridized carbons (Fsp3) is 0. The number of rotatable bonds is 3. The molecule has 0 spiro atoms. The lowest BCUT2D eigenvalue weighted by molar-refractivity contribution is 0.583. The molecule has 0 saturated carbocycles. The minimum Gasteiger partial charge on any atom is -0.206 e. The number of fused-ring (bicyclic) bond motifs is 6. The van der Waals surface area contributed by atoms with Crippen molar-refractivity contribution in [1.82, 2.24) is 9.97 Å². The molecule has 44 heavy (non-hydrogen) atoms. The molecule has 0 fully saturated rings. The van der Waals surface area contributed by atoms with Crippen molar-refractivity contribution in [2.24, 2.45) is 0 Å². The average Bonchev–Trinajstić information content (AvgIpc) is 3.84. The van der Waals surface area contributed by atoms with Crippen LogP contribution >= 0.6 is 68.0 Å². The number of thiophene rings is 4. The highest BCUT2D eigenvalue weighted by Crippen LogP contribution is 2.46. The third-order valence-corrected chi connectivity index (χ3v) is 14.4. The predicted molar refractivity (Wildman–Crippen MR) is 191 cm³/mol. The van der Waals surface area contributed by atoms with Gasteiger partial charge in [-0.3, -0.25) is 0 Å². The number of hydrogen-bond donors (Lipinski definition) is 0. The number of benzene rings is 4. The third kappa shape index (κ3) is 3.95. The molecule has 10 rings (SSSR count). The molecule has 0 saturated heterocycles. The van der Waals surface area contributed by atoms with E-state index in [0.717, 1.165) is 29.9 Å². The first-order valence-corrected chi connectivity index (χ1v) is 18.6. The van der Waals surface area contributed by atoms with Gasteiger partial charge in [-0.05, 0) is 127 Å². The number of halogens is 2. The Labute approximate surface area is 271 Å². The molecule has 2 nitrogen and oxygen atoms in total. The van der Waals surface area contributed by atoms with E-state index in [1.54, 1.807) is 45.3 Å². The van der Waals surface area contributed by atoms with Gasteiger partial charge in [-0.15, -0.1) is 68.0 Å². The summed E-state index contributed by atoms with van der Waals surface area (Å²) in [5.74, 6) is -1.32. The molecule has 0 amide bonds. The van der Waals surface area contributed by atoms with Crippen molar-refractivity contribution in [3.8, 4) is 29.5 Å². The molecule has 0 aliphatic carbocycles. The van der Waals surface area contributed by atoms with Crippen LogP contribution in [-0.2, 0) is 0 Å². The number of hydrogen-bond acceptors (Lipinski definition) is 8. The third-order valence-electron chi connectivity index (χ3n) is 7.89. The van der Waals surface area contributed by atoms with Crippen molar-refractivity contribution >= 4 is 130 Å². The number of nitrogens with zero attached hydrogens (tertiary/aromatic N) is 2. The fourth-order valence-electron chi connectivity index (χ4n) is 5.80. The van der Waals surface area contributed by atoms with Gasteiger partial charge in [0.2, 0.25) is 11.9 Å². The Morgan fingerprint density at radius 2 is 0.818 bits per heavy atom. The SMILES string of the molecule is Fc1nc(-c2cc3cc4cc5sccc5cc4cc3s2)sc1-c1sc(-c2cc3cc4cc5sccc5cc4cc3s2)nc1F. The van der Waals surface area contributed by atoms with Gasteiger partial charge in [0.15, 0.2) is 0 Å². The largest absolute Gasteiger partial charge is 0.233 e. The summed E-state index contributed by atoms with van der Waals surface area (Å²) in [6.07, 6.45) is 0. The van der Waals surface area contributed by atoms with Crippen LogP contribution in [0.5, 0.6) is 0 Å². The smallest absolute Gasteiger partial charge is 0.206 e. The zero-order chi connectivity index (χ0) is 29.1. The summed E-state index contributed by atoms with van der Waals surface area (Å²) in [6.45, 7) is 0. The van der Waals surface area contributed by atoms with Gasteiger partial charge in [0.25, 0.3) is 0 Å². The van der Waals surface area contributed by atoms with E-state index in [1.165, 1.54) is 64.4 Å². The Balaban J connectivity index is 1.02. The Morgan fingerprint density at radius 3 is 1.27 bits per heavy atom. The zero-order valence-electron chi connectivity index (χ0n) is 22.2. The van der Waals surface area contributed by atoms with Gasteiger partial charge < -0.3 is 0 Å². The average molecular weight is 681 g/mol. The van der Waals surface area contributed by atoms with Crippen LogP contribution in [-0.4, -0.2) is 9.97 Å². The lowest BCUT2D eigenvalue weighted by Gasteiger charge is -1.99. The highest BCUT2D eigenvalue weighted by atomic mass is 32.1. The quantitative estimate of drug-likeness (QED) is 0.186. The molecule has 6 heterocycles. The number of aromatic nitrogens is 2. The van der Waals surface area contributed by atoms with Crippen molar-refractivity contribution in [2.45, 2.75) is 0 Å². The van der Waals surface area contributed by atoms with Crippen molar-refractivity contribution in [1.29, 1.82) is 0 Å². The van der Waals surface area contributed by atoms with Crippen LogP contribution in [0.25, 0.3) is 91.4 Å². The Kier molecular flexibility index (Phi) is 5.50. The van der Waals surface area contributed by atoms with Gasteiger partial charge in [-0.1, -0.05) is 0 Å². The van der Waals surface area contributed by atoms with E-state index in [2.05, 4.69) is 93.5 Å². The van der Waals surface area contributed by atoms with Gasteiger partial charge in [0.05, 0.1) is 9.75 Å². The molecule has 0 aliphatic rings. The summed E-state index contributed by atoms with van der Waals surface area (Å²) in [4.78, 5) is 10.6. The Hall–Kier alpha value is -3.64. The van der Waals surface area contributed by atoms with E-state index in [-0.39, 0.29) is 9.75 Å². The maximum atomic E-state index is 15.3. The molecule has 0 bridgehead atoms. The molecule has 210 valence electrons. The second-order valence-corrected chi connectivity index (χ2v) is 16.7. The van der Waals surface area contributed by atoms with Gasteiger partial charge >= 0.3 is 0 Å². The first-order valence-electron chi connectivity index (χ1n) is 13.6. The molecule has 0 aliphatic heterocycles. The van der Waals surface area contributed by atoms with Crippen molar-refractivity contribution in [3.05, 3.63) is 95.5 Å². The topological polar surface area (TPSA) is 25.8 Å². The molecule has 10 heteroatoms. The lowest BCUT2D eigenvalue weighted by atomic mass is 10.1. The summed E-state index contributed by atoms with van der Waals surface area (Å²) in [5, 5.41) is 14.7. The van der Waals surface area contributed by atoms with Crippen molar-refractivity contribution < 1.29 is 8.78 Å². The van der Waals surface area contributed by atoms with Crippen LogP contribution < -0.4 is 0 Å². The van der Waals surface area contributed by atoms with Crippen LogP contribution in [0, 0.1) is 11.9 Å². The molecule has 0 N–H and O–H groups in total. The van der Waals surface area contributed by atoms with E-state index in [9.17, 15) is 0 Å². The van der Waals surface area contributed by atoms with Crippen LogP contribution in [0.4, 0.5) is 8.78 Å². The molecule has 10 aromatic rings. The first kappa shape index (κ1) is 25.7. The Bertz CT molecular complexity index is 2450. The molecule has 4 aromatic carbocycles. The molecule has 0 radical (unpaired) electrons. The summed E-state index contributed by atoms with van der Waals surface area (Å²) >= 11 is 8.99. The summed E-state index contributed by atoms with van der Waals surface area (Å²) in [7, 11) is 0. The maximum Gasteiger partial charge on any atom is 0.233 e. The Morgan fingerprint density at radius 1 is 0.409 bits per heavy atom. The number of thiazole rings is 2. The summed E-state index contributed by atoms with van der Waals surface area (Å²) in [6, 6.07) is 26.0. The maximum absolute atomic E-state index is 15.3. The highest BCUT2D eigenvalue weighted by Gasteiger charge is 2.23. The van der Waals surface area contributed by atoms with E-state index in [4.69, 9.17) is 0 Å². The molecular formula is C34H14F2N2S6. The van der Waals surface area contributed by atoms with E-state index < -0.39 is 11.9 Å². The predicted octanol–water partition coefficient (Wildman–Crippen LogP) is 13.0. The lowest BCUT2D eigenvalue weighted by Crippen LogP contribution is -1.80. The van der Waals surface area contributed by atoms with Crippen molar-refractivity contribution in [2.75, 3.05) is 0 Å². The van der Waals surface area contributed by atoms with Crippen LogP contribution in [0.1, 0.15) is 0 Å². The second kappa shape index (κ2) is 9.43. The monoisotopic (exact) mass is 680 g/mol. The first-order chi connectivity index (χ1) is 21.5. The van der Waals surface area contributed by atoms with Gasteiger partial charge in [-0.2, -0.15) is 8.78 Å². The molecule has 0 unspecified atom stereocenters. The standard InChI is InChI=1S/C34H14F2N2S6/c35-31-29(43-33(37-31)27-13-21-7-19-9-23-15(1-3-39-23)5-17(19)11-25(21)41-27)30-32(36)38-34(44-30)28-14-22-8-20-10-24-16(2-4-40-24)6-18(20)12-26(22)42-28/h1-14H. The zero-order valence-corrected chi connectivity index (χ0v) is 27.1. The molecule has 6 aromatic heterocycles. The highest BCUT2D eigenvalue weighted by molar-refractivity contribution is 7.30. The summed E-state index contributed by atoms with van der Waals surface area (Å²) in [5.41, 5.74) is 0. The fourth-order valence-corrected chi connectivity index (χ4v) is 11.7. The molecule has 0 atom stereocenters. The normalized spacial score (nSPS) is 12.3. The van der Waals surface area contributed by atoms with Crippen LogP contribution in [0.3, 0.4) is 0 Å². The van der Waals surface area contributed by atoms with Gasteiger partial charge in [-0.25, -0.2) is 9.97 Å². The molecular weight excluding hydrogens is 667 g/mol. The van der Waals surface area contributed by atoms with Crippen LogP contribution in [0.2, 0.25) is 0 Å². The van der Waals surface area contributed by atoms with Crippen LogP contribution in [0.15, 0.2) is 83.6 Å². The van der Waals surface area contributed by atoms with Gasteiger partial charge in [0.1, 0.15) is 19.8 Å². The van der Waals surface area contributed by atoms with Gasteiger partial charge in [0, 0.05) is 18.8 Å². The summed E-state index contributed by atoms with van der Waals surface area (Å²) < 4.78 is 35.4.